The van der Waals surface area contributed by atoms with Crippen LogP contribution in [-0.4, -0.2) is 60.5 Å². The van der Waals surface area contributed by atoms with E-state index >= 15 is 0 Å². The van der Waals surface area contributed by atoms with E-state index < -0.39 is 0 Å². The summed E-state index contributed by atoms with van der Waals surface area (Å²) in [5, 5.41) is 16.9. The SMILES string of the molecule is C[C@@H]1COCCN1c1cc(-c2ccnn2C)c2cnn(-c3ccn[nH]3)c2n1. The molecular formula is C18H20N8O. The van der Waals surface area contributed by atoms with Crippen LogP contribution in [0.25, 0.3) is 28.1 Å². The van der Waals surface area contributed by atoms with Gasteiger partial charge < -0.3 is 9.64 Å². The number of morpholine rings is 1. The standard InChI is InChI=1S/C18H20N8O/c1-12-11-27-8-7-25(12)17-9-13(15-3-6-20-24(15)2)14-10-21-26(18(14)22-17)16-4-5-19-23-16/h3-6,9-10,12H,7-8,11H2,1-2H3,(H,19,23)/t12-/m1/s1. The molecule has 1 aliphatic rings. The third-order valence-electron chi connectivity index (χ3n) is 5.00. The van der Waals surface area contributed by atoms with Crippen molar-refractivity contribution >= 4 is 16.9 Å². The second kappa shape index (κ2) is 6.20. The van der Waals surface area contributed by atoms with E-state index in [1.54, 1.807) is 17.1 Å². The van der Waals surface area contributed by atoms with E-state index in [1.165, 1.54) is 0 Å². The molecule has 0 aliphatic carbocycles. The quantitative estimate of drug-likeness (QED) is 0.596. The number of nitrogens with one attached hydrogen (secondary N) is 1. The molecule has 0 spiro atoms. The Kier molecular flexibility index (Phi) is 3.68. The monoisotopic (exact) mass is 364 g/mol. The lowest BCUT2D eigenvalue weighted by atomic mass is 10.1. The van der Waals surface area contributed by atoms with Crippen LogP contribution in [-0.2, 0) is 11.8 Å². The minimum absolute atomic E-state index is 0.256. The number of fused-ring (bicyclic) bond motifs is 1. The van der Waals surface area contributed by atoms with Crippen LogP contribution in [0.3, 0.4) is 0 Å². The molecule has 1 aliphatic heterocycles. The number of rotatable bonds is 3. The number of H-pyrrole nitrogens is 1. The molecule has 5 heterocycles. The van der Waals surface area contributed by atoms with Crippen molar-refractivity contribution in [3.63, 3.8) is 0 Å². The number of aromatic nitrogens is 7. The van der Waals surface area contributed by atoms with Gasteiger partial charge in [-0.25, -0.2) is 4.98 Å². The highest BCUT2D eigenvalue weighted by atomic mass is 16.5. The van der Waals surface area contributed by atoms with Crippen LogP contribution in [0.1, 0.15) is 6.92 Å². The van der Waals surface area contributed by atoms with Crippen molar-refractivity contribution in [3.05, 3.63) is 36.8 Å². The Morgan fingerprint density at radius 1 is 1.22 bits per heavy atom. The van der Waals surface area contributed by atoms with Crippen molar-refractivity contribution in [1.82, 2.24) is 34.7 Å². The highest BCUT2D eigenvalue weighted by Crippen LogP contribution is 2.32. The number of ether oxygens (including phenoxy) is 1. The van der Waals surface area contributed by atoms with Crippen molar-refractivity contribution in [2.75, 3.05) is 24.7 Å². The van der Waals surface area contributed by atoms with Gasteiger partial charge in [0.2, 0.25) is 0 Å². The molecule has 0 saturated carbocycles. The highest BCUT2D eigenvalue weighted by molar-refractivity contribution is 5.94. The molecule has 0 aromatic carbocycles. The first kappa shape index (κ1) is 16.0. The summed E-state index contributed by atoms with van der Waals surface area (Å²) in [4.78, 5) is 7.24. The molecule has 0 bridgehead atoms. The molecule has 9 heteroatoms. The number of pyridine rings is 1. The Hall–Kier alpha value is -3.20. The van der Waals surface area contributed by atoms with Gasteiger partial charge in [-0.1, -0.05) is 0 Å². The summed E-state index contributed by atoms with van der Waals surface area (Å²) < 4.78 is 9.25. The topological polar surface area (TPSA) is 89.7 Å². The molecule has 9 nitrogen and oxygen atoms in total. The van der Waals surface area contributed by atoms with Gasteiger partial charge in [0, 0.05) is 36.8 Å². The van der Waals surface area contributed by atoms with Gasteiger partial charge in [0.15, 0.2) is 11.5 Å². The lowest BCUT2D eigenvalue weighted by molar-refractivity contribution is 0.0985. The Morgan fingerprint density at radius 2 is 2.15 bits per heavy atom. The smallest absolute Gasteiger partial charge is 0.167 e. The summed E-state index contributed by atoms with van der Waals surface area (Å²) in [6, 6.07) is 6.27. The van der Waals surface area contributed by atoms with Crippen molar-refractivity contribution in [2.45, 2.75) is 13.0 Å². The van der Waals surface area contributed by atoms with Crippen molar-refractivity contribution in [1.29, 1.82) is 0 Å². The van der Waals surface area contributed by atoms with Gasteiger partial charge in [-0.3, -0.25) is 9.78 Å². The molecule has 1 atom stereocenters. The molecule has 27 heavy (non-hydrogen) atoms. The second-order valence-corrected chi connectivity index (χ2v) is 6.72. The maximum absolute atomic E-state index is 5.60. The number of hydrogen-bond acceptors (Lipinski definition) is 6. The number of nitrogens with zero attached hydrogens (tertiary/aromatic N) is 7. The summed E-state index contributed by atoms with van der Waals surface area (Å²) >= 11 is 0. The fraction of sp³-hybridized carbons (Fsp3) is 0.333. The summed E-state index contributed by atoms with van der Waals surface area (Å²) in [5.41, 5.74) is 2.86. The average molecular weight is 364 g/mol. The molecule has 4 aromatic heterocycles. The van der Waals surface area contributed by atoms with Crippen LogP contribution >= 0.6 is 0 Å². The molecule has 4 aromatic rings. The average Bonchev–Trinajstić information content (AvgIpc) is 3.41. The zero-order valence-corrected chi connectivity index (χ0v) is 15.2. The molecule has 5 rings (SSSR count). The Bertz CT molecular complexity index is 1080. The van der Waals surface area contributed by atoms with Crippen LogP contribution < -0.4 is 4.90 Å². The van der Waals surface area contributed by atoms with E-state index in [0.29, 0.717) is 13.2 Å². The van der Waals surface area contributed by atoms with Gasteiger partial charge in [0.1, 0.15) is 5.82 Å². The molecule has 1 fully saturated rings. The molecule has 0 unspecified atom stereocenters. The van der Waals surface area contributed by atoms with E-state index in [2.05, 4.69) is 38.3 Å². The zero-order chi connectivity index (χ0) is 18.4. The molecule has 1 saturated heterocycles. The van der Waals surface area contributed by atoms with Crippen LogP contribution in [0.5, 0.6) is 0 Å². The lowest BCUT2D eigenvalue weighted by Crippen LogP contribution is -2.44. The first-order valence-corrected chi connectivity index (χ1v) is 8.93. The van der Waals surface area contributed by atoms with Gasteiger partial charge >= 0.3 is 0 Å². The summed E-state index contributed by atoms with van der Waals surface area (Å²) in [5.74, 6) is 1.69. The lowest BCUT2D eigenvalue weighted by Gasteiger charge is -2.34. The van der Waals surface area contributed by atoms with Gasteiger partial charge in [-0.05, 0) is 19.1 Å². The van der Waals surface area contributed by atoms with E-state index in [9.17, 15) is 0 Å². The molecule has 138 valence electrons. The maximum Gasteiger partial charge on any atom is 0.167 e. The summed E-state index contributed by atoms with van der Waals surface area (Å²) in [6.07, 6.45) is 5.36. The highest BCUT2D eigenvalue weighted by Gasteiger charge is 2.24. The van der Waals surface area contributed by atoms with Crippen molar-refractivity contribution < 1.29 is 4.74 Å². The Labute approximate surface area is 155 Å². The van der Waals surface area contributed by atoms with Gasteiger partial charge in [-0.15, -0.1) is 0 Å². The third kappa shape index (κ3) is 2.58. The predicted octanol–water partition coefficient (Wildman–Crippen LogP) is 1.77. The molecule has 0 radical (unpaired) electrons. The van der Waals surface area contributed by atoms with Crippen molar-refractivity contribution in [3.8, 4) is 17.1 Å². The van der Waals surface area contributed by atoms with E-state index in [0.717, 1.165) is 40.5 Å². The number of hydrogen-bond donors (Lipinski definition) is 1. The van der Waals surface area contributed by atoms with Crippen LogP contribution in [0.2, 0.25) is 0 Å². The first-order chi connectivity index (χ1) is 13.2. The minimum atomic E-state index is 0.256. The summed E-state index contributed by atoms with van der Waals surface area (Å²) in [7, 11) is 1.94. The Balaban J connectivity index is 1.76. The first-order valence-electron chi connectivity index (χ1n) is 8.93. The second-order valence-electron chi connectivity index (χ2n) is 6.72. The fourth-order valence-electron chi connectivity index (χ4n) is 3.59. The molecular weight excluding hydrogens is 344 g/mol. The zero-order valence-electron chi connectivity index (χ0n) is 15.2. The van der Waals surface area contributed by atoms with E-state index in [1.807, 2.05) is 30.1 Å². The summed E-state index contributed by atoms with van der Waals surface area (Å²) in [6.45, 7) is 4.36. The predicted molar refractivity (Wildman–Crippen MR) is 101 cm³/mol. The third-order valence-corrected chi connectivity index (χ3v) is 5.00. The van der Waals surface area contributed by atoms with E-state index in [4.69, 9.17) is 9.72 Å². The Morgan fingerprint density at radius 3 is 2.89 bits per heavy atom. The molecule has 1 N–H and O–H groups in total. The largest absolute Gasteiger partial charge is 0.377 e. The number of anilines is 1. The fourth-order valence-corrected chi connectivity index (χ4v) is 3.59. The van der Waals surface area contributed by atoms with Crippen LogP contribution in [0, 0.1) is 0 Å². The van der Waals surface area contributed by atoms with Gasteiger partial charge in [0.25, 0.3) is 0 Å². The van der Waals surface area contributed by atoms with Crippen LogP contribution in [0.15, 0.2) is 36.8 Å². The van der Waals surface area contributed by atoms with Gasteiger partial charge in [-0.2, -0.15) is 20.0 Å². The number of aromatic amines is 1. The minimum Gasteiger partial charge on any atom is -0.377 e. The van der Waals surface area contributed by atoms with Crippen molar-refractivity contribution in [2.24, 2.45) is 7.05 Å². The normalized spacial score (nSPS) is 17.7. The van der Waals surface area contributed by atoms with E-state index in [-0.39, 0.29) is 6.04 Å². The number of aryl methyl sites for hydroxylation is 1. The maximum atomic E-state index is 5.60. The van der Waals surface area contributed by atoms with Gasteiger partial charge in [0.05, 0.1) is 37.3 Å². The molecule has 0 amide bonds. The van der Waals surface area contributed by atoms with Crippen LogP contribution in [0.4, 0.5) is 5.82 Å².